The molecule has 1 saturated carbocycles. The van der Waals surface area contributed by atoms with Gasteiger partial charge in [0.2, 0.25) is 0 Å². The molecule has 0 radical (unpaired) electrons. The first-order chi connectivity index (χ1) is 9.10. The van der Waals surface area contributed by atoms with Crippen molar-refractivity contribution in [1.29, 1.82) is 0 Å². The Kier molecular flexibility index (Phi) is 4.88. The summed E-state index contributed by atoms with van der Waals surface area (Å²) in [5, 5.41) is 0. The van der Waals surface area contributed by atoms with Crippen molar-refractivity contribution >= 4 is 0 Å². The summed E-state index contributed by atoms with van der Waals surface area (Å²) < 4.78 is 12.9. The maximum absolute atomic E-state index is 12.9. The Bertz CT molecular complexity index is 389. The number of nitrogens with zero attached hydrogens (tertiary/aromatic N) is 2. The zero-order valence-electron chi connectivity index (χ0n) is 11.8. The van der Waals surface area contributed by atoms with E-state index in [-0.39, 0.29) is 11.9 Å². The van der Waals surface area contributed by atoms with Gasteiger partial charge < -0.3 is 10.6 Å². The lowest BCUT2D eigenvalue weighted by molar-refractivity contribution is 0.223. The third-order valence-electron chi connectivity index (χ3n) is 3.91. The largest absolute Gasteiger partial charge is 0.322 e. The Morgan fingerprint density at radius 3 is 2.74 bits per heavy atom. The van der Waals surface area contributed by atoms with Gasteiger partial charge in [0.15, 0.2) is 0 Å². The predicted octanol–water partition coefficient (Wildman–Crippen LogP) is 2.59. The zero-order chi connectivity index (χ0) is 13.8. The van der Waals surface area contributed by atoms with Gasteiger partial charge in [-0.2, -0.15) is 0 Å². The summed E-state index contributed by atoms with van der Waals surface area (Å²) in [4.78, 5) is 6.55. The summed E-state index contributed by atoms with van der Waals surface area (Å²) in [6.45, 7) is 7.56. The molecule has 2 N–H and O–H groups in total. The fourth-order valence-electron chi connectivity index (χ4n) is 2.40. The normalized spacial score (nSPS) is 18.6. The topological polar surface area (TPSA) is 42.1 Å². The van der Waals surface area contributed by atoms with Crippen molar-refractivity contribution in [1.82, 2.24) is 9.88 Å². The molecule has 2 unspecified atom stereocenters. The third kappa shape index (κ3) is 4.25. The van der Waals surface area contributed by atoms with E-state index in [1.54, 1.807) is 6.07 Å². The van der Waals surface area contributed by atoms with Crippen LogP contribution >= 0.6 is 0 Å². The Hall–Kier alpha value is -1.00. The lowest BCUT2D eigenvalue weighted by Crippen LogP contribution is -2.35. The van der Waals surface area contributed by atoms with Crippen LogP contribution < -0.4 is 5.73 Å². The zero-order valence-corrected chi connectivity index (χ0v) is 11.8. The van der Waals surface area contributed by atoms with Crippen molar-refractivity contribution in [3.63, 3.8) is 0 Å². The summed E-state index contributed by atoms with van der Waals surface area (Å²) in [5.74, 6) is 0.900. The molecule has 1 fully saturated rings. The first-order valence-electron chi connectivity index (χ1n) is 7.19. The highest BCUT2D eigenvalue weighted by Crippen LogP contribution is 2.30. The second-order valence-corrected chi connectivity index (χ2v) is 5.70. The molecule has 1 aliphatic rings. The molecule has 0 spiro atoms. The average Bonchev–Trinajstić information content (AvgIpc) is 3.22. The van der Waals surface area contributed by atoms with E-state index < -0.39 is 0 Å². The van der Waals surface area contributed by atoms with Crippen LogP contribution in [-0.4, -0.2) is 29.5 Å². The van der Waals surface area contributed by atoms with Gasteiger partial charge in [0.25, 0.3) is 0 Å². The molecule has 1 aromatic heterocycles. The van der Waals surface area contributed by atoms with E-state index >= 15 is 0 Å². The maximum Gasteiger partial charge on any atom is 0.141 e. The van der Waals surface area contributed by atoms with Crippen LogP contribution in [0.5, 0.6) is 0 Å². The van der Waals surface area contributed by atoms with E-state index in [0.717, 1.165) is 24.7 Å². The number of nitrogens with two attached hydrogens (primary N) is 1. The number of aromatic nitrogens is 1. The molecule has 1 aromatic rings. The molecule has 2 rings (SSSR count). The lowest BCUT2D eigenvalue weighted by Gasteiger charge is -2.27. The van der Waals surface area contributed by atoms with Crippen molar-refractivity contribution in [2.24, 2.45) is 17.6 Å². The van der Waals surface area contributed by atoms with Gasteiger partial charge in [0, 0.05) is 13.1 Å². The second kappa shape index (κ2) is 6.44. The number of hydrogen-bond donors (Lipinski definition) is 1. The van der Waals surface area contributed by atoms with Crippen LogP contribution in [0.4, 0.5) is 4.39 Å². The smallest absolute Gasteiger partial charge is 0.141 e. The molecule has 4 heteroatoms. The Morgan fingerprint density at radius 2 is 2.21 bits per heavy atom. The summed E-state index contributed by atoms with van der Waals surface area (Å²) >= 11 is 0. The monoisotopic (exact) mass is 265 g/mol. The van der Waals surface area contributed by atoms with Gasteiger partial charge >= 0.3 is 0 Å². The minimum absolute atomic E-state index is 0.131. The third-order valence-corrected chi connectivity index (χ3v) is 3.91. The molecule has 0 saturated heterocycles. The summed E-state index contributed by atoms with van der Waals surface area (Å²) in [5.41, 5.74) is 7.00. The standard InChI is InChI=1S/C15H24FN3/c1-3-19(10-12-4-5-12)9-11(2)15(17)14-7-6-13(16)8-18-14/h6-8,11-12,15H,3-5,9-10,17H2,1-2H3. The van der Waals surface area contributed by atoms with Crippen molar-refractivity contribution in [2.75, 3.05) is 19.6 Å². The predicted molar refractivity (Wildman–Crippen MR) is 75.1 cm³/mol. The van der Waals surface area contributed by atoms with E-state index in [9.17, 15) is 4.39 Å². The van der Waals surface area contributed by atoms with E-state index in [2.05, 4.69) is 23.7 Å². The van der Waals surface area contributed by atoms with E-state index in [0.29, 0.717) is 5.92 Å². The molecule has 0 aliphatic heterocycles. The van der Waals surface area contributed by atoms with Gasteiger partial charge in [-0.3, -0.25) is 4.98 Å². The molecular formula is C15H24FN3. The van der Waals surface area contributed by atoms with E-state index in [1.807, 2.05) is 0 Å². The Balaban J connectivity index is 1.89. The van der Waals surface area contributed by atoms with Crippen LogP contribution in [0.3, 0.4) is 0 Å². The molecule has 106 valence electrons. The van der Waals surface area contributed by atoms with Crippen LogP contribution in [0.2, 0.25) is 0 Å². The molecule has 1 heterocycles. The first kappa shape index (κ1) is 14.4. The maximum atomic E-state index is 12.9. The number of rotatable bonds is 7. The summed E-state index contributed by atoms with van der Waals surface area (Å²) in [7, 11) is 0. The van der Waals surface area contributed by atoms with Gasteiger partial charge in [-0.25, -0.2) is 4.39 Å². The molecule has 2 atom stereocenters. The molecule has 3 nitrogen and oxygen atoms in total. The Morgan fingerprint density at radius 1 is 1.47 bits per heavy atom. The molecule has 1 aliphatic carbocycles. The fourth-order valence-corrected chi connectivity index (χ4v) is 2.40. The highest BCUT2D eigenvalue weighted by Gasteiger charge is 2.25. The van der Waals surface area contributed by atoms with Gasteiger partial charge in [0.05, 0.1) is 17.9 Å². The van der Waals surface area contributed by atoms with Gasteiger partial charge in [-0.1, -0.05) is 13.8 Å². The molecule has 0 aromatic carbocycles. The fraction of sp³-hybridized carbons (Fsp3) is 0.667. The minimum atomic E-state index is -0.312. The SMILES string of the molecule is CCN(CC1CC1)CC(C)C(N)c1ccc(F)cn1. The van der Waals surface area contributed by atoms with Crippen LogP contribution in [-0.2, 0) is 0 Å². The minimum Gasteiger partial charge on any atom is -0.322 e. The Labute approximate surface area is 115 Å². The number of hydrogen-bond acceptors (Lipinski definition) is 3. The molecular weight excluding hydrogens is 241 g/mol. The number of pyridine rings is 1. The van der Waals surface area contributed by atoms with Gasteiger partial charge in [0.1, 0.15) is 5.82 Å². The van der Waals surface area contributed by atoms with Crippen LogP contribution in [0.25, 0.3) is 0 Å². The second-order valence-electron chi connectivity index (χ2n) is 5.70. The van der Waals surface area contributed by atoms with Crippen molar-refractivity contribution in [3.05, 3.63) is 29.8 Å². The van der Waals surface area contributed by atoms with Gasteiger partial charge in [-0.15, -0.1) is 0 Å². The van der Waals surface area contributed by atoms with E-state index in [4.69, 9.17) is 5.73 Å². The molecule has 0 amide bonds. The van der Waals surface area contributed by atoms with Crippen molar-refractivity contribution in [2.45, 2.75) is 32.7 Å². The molecule has 0 bridgehead atoms. The quantitative estimate of drug-likeness (QED) is 0.824. The summed E-state index contributed by atoms with van der Waals surface area (Å²) in [6, 6.07) is 2.98. The highest BCUT2D eigenvalue weighted by molar-refractivity contribution is 5.10. The number of halogens is 1. The average molecular weight is 265 g/mol. The lowest BCUT2D eigenvalue weighted by atomic mass is 9.98. The van der Waals surface area contributed by atoms with Gasteiger partial charge in [-0.05, 0) is 43.4 Å². The molecule has 19 heavy (non-hydrogen) atoms. The highest BCUT2D eigenvalue weighted by atomic mass is 19.1. The summed E-state index contributed by atoms with van der Waals surface area (Å²) in [6.07, 6.45) is 3.98. The van der Waals surface area contributed by atoms with Crippen LogP contribution in [0, 0.1) is 17.7 Å². The van der Waals surface area contributed by atoms with Crippen LogP contribution in [0.1, 0.15) is 38.4 Å². The van der Waals surface area contributed by atoms with E-state index in [1.165, 1.54) is 31.6 Å². The van der Waals surface area contributed by atoms with Crippen LogP contribution in [0.15, 0.2) is 18.3 Å². The van der Waals surface area contributed by atoms with Crippen molar-refractivity contribution < 1.29 is 4.39 Å². The first-order valence-corrected chi connectivity index (χ1v) is 7.19. The van der Waals surface area contributed by atoms with Crippen molar-refractivity contribution in [3.8, 4) is 0 Å².